The van der Waals surface area contributed by atoms with E-state index in [9.17, 15) is 13.2 Å². The summed E-state index contributed by atoms with van der Waals surface area (Å²) in [4.78, 5) is 11.1. The maximum atomic E-state index is 11.8. The van der Waals surface area contributed by atoms with Crippen molar-refractivity contribution in [1.82, 2.24) is 9.03 Å². The van der Waals surface area contributed by atoms with Crippen LogP contribution in [-0.2, 0) is 14.9 Å². The van der Waals surface area contributed by atoms with E-state index in [2.05, 4.69) is 4.74 Å². The van der Waals surface area contributed by atoms with E-state index in [0.717, 1.165) is 17.1 Å². The van der Waals surface area contributed by atoms with Gasteiger partial charge in [0, 0.05) is 19.0 Å². The van der Waals surface area contributed by atoms with Crippen LogP contribution in [0.4, 0.5) is 4.79 Å². The van der Waals surface area contributed by atoms with E-state index in [1.54, 1.807) is 6.92 Å². The molecule has 0 aromatic heterocycles. The number of carbonyl (C=O) groups is 1. The van der Waals surface area contributed by atoms with E-state index in [4.69, 9.17) is 5.26 Å². The second kappa shape index (κ2) is 5.84. The number of nitrogens with one attached hydrogen (secondary N) is 1. The van der Waals surface area contributed by atoms with E-state index >= 15 is 0 Å². The number of hydrogen-bond acceptors (Lipinski definition) is 5. The highest BCUT2D eigenvalue weighted by Crippen LogP contribution is 2.28. The fourth-order valence-corrected chi connectivity index (χ4v) is 2.67. The molecule has 0 radical (unpaired) electrons. The summed E-state index contributed by atoms with van der Waals surface area (Å²) in [5.41, 5.74) is 0. The number of nitrogens with zero attached hydrogens (tertiary/aromatic N) is 2. The van der Waals surface area contributed by atoms with Crippen molar-refractivity contribution in [3.05, 3.63) is 0 Å². The van der Waals surface area contributed by atoms with Gasteiger partial charge in [-0.05, 0) is 19.8 Å². The van der Waals surface area contributed by atoms with Gasteiger partial charge in [-0.15, -0.1) is 0 Å². The minimum atomic E-state index is -3.90. The van der Waals surface area contributed by atoms with Gasteiger partial charge in [-0.25, -0.2) is 9.52 Å². The lowest BCUT2D eigenvalue weighted by Crippen LogP contribution is -2.45. The third-order valence-electron chi connectivity index (χ3n) is 2.19. The van der Waals surface area contributed by atoms with Crippen LogP contribution < -0.4 is 4.72 Å². The predicted molar refractivity (Wildman–Crippen MR) is 59.0 cm³/mol. The minimum absolute atomic E-state index is 0.0932. The van der Waals surface area contributed by atoms with Crippen LogP contribution in [0.3, 0.4) is 0 Å². The largest absolute Gasteiger partial charge is 0.449 e. The Balaban J connectivity index is 2.64. The van der Waals surface area contributed by atoms with Crippen LogP contribution in [0, 0.1) is 11.3 Å². The molecule has 0 unspecified atom stereocenters. The zero-order chi connectivity index (χ0) is 12.9. The summed E-state index contributed by atoms with van der Waals surface area (Å²) in [7, 11) is -3.90. The first-order valence-electron chi connectivity index (χ1n) is 5.34. The lowest BCUT2D eigenvalue weighted by Gasteiger charge is -2.20. The van der Waals surface area contributed by atoms with Crippen LogP contribution in [0.15, 0.2) is 0 Å². The Morgan fingerprint density at radius 2 is 2.24 bits per heavy atom. The predicted octanol–water partition coefficient (Wildman–Crippen LogP) is 0.355. The molecule has 17 heavy (non-hydrogen) atoms. The summed E-state index contributed by atoms with van der Waals surface area (Å²) in [6.45, 7) is 1.78. The van der Waals surface area contributed by atoms with Crippen LogP contribution in [0.1, 0.15) is 26.2 Å². The van der Waals surface area contributed by atoms with E-state index < -0.39 is 16.3 Å². The molecule has 0 atom stereocenters. The number of rotatable bonds is 6. The summed E-state index contributed by atoms with van der Waals surface area (Å²) in [6.07, 6.45) is 0.625. The molecule has 0 spiro atoms. The quantitative estimate of drug-likeness (QED) is 0.744. The second-order valence-electron chi connectivity index (χ2n) is 3.58. The van der Waals surface area contributed by atoms with Crippen molar-refractivity contribution in [2.45, 2.75) is 32.2 Å². The van der Waals surface area contributed by atoms with Crippen LogP contribution in [0.2, 0.25) is 0 Å². The molecule has 1 aliphatic rings. The first-order valence-corrected chi connectivity index (χ1v) is 6.78. The van der Waals surface area contributed by atoms with Crippen molar-refractivity contribution >= 4 is 16.3 Å². The zero-order valence-corrected chi connectivity index (χ0v) is 10.4. The van der Waals surface area contributed by atoms with Crippen molar-refractivity contribution in [1.29, 1.82) is 5.26 Å². The summed E-state index contributed by atoms with van der Waals surface area (Å²) in [5.74, 6) is 0. The molecule has 1 aliphatic carbocycles. The average molecular weight is 261 g/mol. The van der Waals surface area contributed by atoms with Crippen molar-refractivity contribution in [2.75, 3.05) is 13.2 Å². The molecule has 1 saturated carbocycles. The monoisotopic (exact) mass is 261 g/mol. The number of amides is 1. The highest BCUT2D eigenvalue weighted by Gasteiger charge is 2.37. The third-order valence-corrected chi connectivity index (χ3v) is 3.72. The third kappa shape index (κ3) is 4.20. The molecule has 96 valence electrons. The van der Waals surface area contributed by atoms with Gasteiger partial charge in [-0.3, -0.25) is 0 Å². The van der Waals surface area contributed by atoms with Gasteiger partial charge in [0.1, 0.15) is 0 Å². The Labute approximate surface area is 101 Å². The molecule has 0 saturated heterocycles. The van der Waals surface area contributed by atoms with Gasteiger partial charge < -0.3 is 4.74 Å². The fraction of sp³-hybridized carbons (Fsp3) is 0.778. The highest BCUT2D eigenvalue weighted by atomic mass is 32.2. The number of ether oxygens (including phenoxy) is 1. The van der Waals surface area contributed by atoms with Crippen molar-refractivity contribution in [3.63, 3.8) is 0 Å². The first kappa shape index (κ1) is 13.7. The van der Waals surface area contributed by atoms with Crippen LogP contribution in [0.25, 0.3) is 0 Å². The van der Waals surface area contributed by atoms with Gasteiger partial charge in [0.15, 0.2) is 0 Å². The topological polar surface area (TPSA) is 99.5 Å². The molecule has 7 nitrogen and oxygen atoms in total. The molecule has 0 bridgehead atoms. The van der Waals surface area contributed by atoms with Gasteiger partial charge in [0.25, 0.3) is 0 Å². The van der Waals surface area contributed by atoms with Gasteiger partial charge in [0.05, 0.1) is 12.7 Å². The Bertz CT molecular complexity index is 410. The Morgan fingerprint density at radius 1 is 1.59 bits per heavy atom. The maximum Gasteiger partial charge on any atom is 0.421 e. The van der Waals surface area contributed by atoms with E-state index in [-0.39, 0.29) is 25.6 Å². The molecular formula is C9H15N3O4S. The highest BCUT2D eigenvalue weighted by molar-refractivity contribution is 7.87. The van der Waals surface area contributed by atoms with Crippen molar-refractivity contribution in [3.8, 4) is 6.07 Å². The molecule has 1 fully saturated rings. The Hall–Kier alpha value is -1.33. The van der Waals surface area contributed by atoms with Crippen molar-refractivity contribution < 1.29 is 17.9 Å². The molecule has 0 aromatic carbocycles. The molecule has 1 N–H and O–H groups in total. The first-order chi connectivity index (χ1) is 8.01. The lowest BCUT2D eigenvalue weighted by atomic mass is 10.4. The SMILES string of the molecule is CCOC(=O)NS(=O)(=O)N(CCC#N)C1CC1. The molecule has 8 heteroatoms. The molecule has 0 aromatic rings. The van der Waals surface area contributed by atoms with E-state index in [0.29, 0.717) is 0 Å². The smallest absolute Gasteiger partial charge is 0.421 e. The van der Waals surface area contributed by atoms with Gasteiger partial charge in [-0.1, -0.05) is 0 Å². The van der Waals surface area contributed by atoms with Crippen molar-refractivity contribution in [2.24, 2.45) is 0 Å². The molecule has 0 heterocycles. The number of nitriles is 1. The summed E-state index contributed by atoms with van der Waals surface area (Å²) in [5, 5.41) is 8.47. The molecule has 1 rings (SSSR count). The standard InChI is InChI=1S/C9H15N3O4S/c1-2-16-9(13)11-17(14,15)12(7-3-6-10)8-4-5-8/h8H,2-5,7H2,1H3,(H,11,13). The second-order valence-corrected chi connectivity index (χ2v) is 5.20. The summed E-state index contributed by atoms with van der Waals surface area (Å²) in [6, 6.07) is 1.78. The summed E-state index contributed by atoms with van der Waals surface area (Å²) >= 11 is 0. The number of hydrogen-bond donors (Lipinski definition) is 1. The van der Waals surface area contributed by atoms with Gasteiger partial charge in [0.2, 0.25) is 0 Å². The average Bonchev–Trinajstić information content (AvgIpc) is 3.01. The van der Waals surface area contributed by atoms with Crippen LogP contribution >= 0.6 is 0 Å². The lowest BCUT2D eigenvalue weighted by molar-refractivity contribution is 0.158. The van der Waals surface area contributed by atoms with Gasteiger partial charge >= 0.3 is 16.3 Å². The normalized spacial score (nSPS) is 15.4. The zero-order valence-electron chi connectivity index (χ0n) is 9.55. The number of carbonyl (C=O) groups excluding carboxylic acids is 1. The van der Waals surface area contributed by atoms with Gasteiger partial charge in [-0.2, -0.15) is 18.0 Å². The minimum Gasteiger partial charge on any atom is -0.449 e. The summed E-state index contributed by atoms with van der Waals surface area (Å²) < 4.78 is 31.1. The van der Waals surface area contributed by atoms with Crippen LogP contribution in [0.5, 0.6) is 0 Å². The molecule has 1 amide bonds. The molecular weight excluding hydrogens is 246 g/mol. The fourth-order valence-electron chi connectivity index (χ4n) is 1.35. The molecule has 0 aliphatic heterocycles. The van der Waals surface area contributed by atoms with Crippen LogP contribution in [-0.4, -0.2) is 38.0 Å². The van der Waals surface area contributed by atoms with E-state index in [1.807, 2.05) is 10.8 Å². The Kier molecular flexibility index (Phi) is 4.72. The Morgan fingerprint density at radius 3 is 2.71 bits per heavy atom. The van der Waals surface area contributed by atoms with E-state index in [1.165, 1.54) is 0 Å². The maximum absolute atomic E-state index is 11.8.